The van der Waals surface area contributed by atoms with Crippen molar-refractivity contribution in [3.05, 3.63) is 66.4 Å². The summed E-state index contributed by atoms with van der Waals surface area (Å²) in [5.74, 6) is 1.27. The van der Waals surface area contributed by atoms with Crippen molar-refractivity contribution >= 4 is 0 Å². The summed E-state index contributed by atoms with van der Waals surface area (Å²) in [6.07, 6.45) is 9.57. The van der Waals surface area contributed by atoms with E-state index in [1.165, 1.54) is 12.1 Å². The molecule has 1 saturated heterocycles. The minimum atomic E-state index is -0.251. The van der Waals surface area contributed by atoms with E-state index in [1.807, 2.05) is 24.7 Å². The van der Waals surface area contributed by atoms with Gasteiger partial charge in [-0.25, -0.2) is 14.4 Å². The Balaban J connectivity index is 1.42. The first kappa shape index (κ1) is 17.8. The number of nitrogens with zero attached hydrogens (tertiary/aromatic N) is 5. The molecule has 0 amide bonds. The normalized spacial score (nSPS) is 15.9. The van der Waals surface area contributed by atoms with Crippen LogP contribution in [0.1, 0.15) is 37.2 Å². The number of piperidine rings is 1. The monoisotopic (exact) mass is 365 g/mol. The minimum absolute atomic E-state index is 0.251. The number of hydrogen-bond donors (Lipinski definition) is 0. The molecular weight excluding hydrogens is 341 g/mol. The van der Waals surface area contributed by atoms with E-state index in [2.05, 4.69) is 26.4 Å². The summed E-state index contributed by atoms with van der Waals surface area (Å²) in [6, 6.07) is 6.53. The summed E-state index contributed by atoms with van der Waals surface area (Å²) in [6.45, 7) is 6.03. The molecule has 1 aliphatic heterocycles. The summed E-state index contributed by atoms with van der Waals surface area (Å²) in [7, 11) is 0. The molecule has 4 rings (SSSR count). The Morgan fingerprint density at radius 2 is 2.04 bits per heavy atom. The quantitative estimate of drug-likeness (QED) is 0.688. The van der Waals surface area contributed by atoms with Crippen LogP contribution in [0.3, 0.4) is 0 Å². The van der Waals surface area contributed by atoms with Crippen molar-refractivity contribution in [3.8, 4) is 11.3 Å². The highest BCUT2D eigenvalue weighted by Crippen LogP contribution is 2.28. The van der Waals surface area contributed by atoms with Crippen molar-refractivity contribution < 1.29 is 4.39 Å². The molecular formula is C21H24FN5. The van der Waals surface area contributed by atoms with Gasteiger partial charge >= 0.3 is 0 Å². The summed E-state index contributed by atoms with van der Waals surface area (Å²) in [5.41, 5.74) is 2.51. The van der Waals surface area contributed by atoms with E-state index >= 15 is 0 Å². The van der Waals surface area contributed by atoms with Crippen LogP contribution in [0.25, 0.3) is 11.3 Å². The fraction of sp³-hybridized carbons (Fsp3) is 0.381. The summed E-state index contributed by atoms with van der Waals surface area (Å²) >= 11 is 0. The van der Waals surface area contributed by atoms with Crippen molar-refractivity contribution in [2.75, 3.05) is 13.1 Å². The van der Waals surface area contributed by atoms with E-state index in [1.54, 1.807) is 12.3 Å². The second-order valence-electron chi connectivity index (χ2n) is 7.02. The highest BCUT2D eigenvalue weighted by atomic mass is 19.1. The van der Waals surface area contributed by atoms with E-state index in [0.29, 0.717) is 5.92 Å². The predicted molar refractivity (Wildman–Crippen MR) is 103 cm³/mol. The summed E-state index contributed by atoms with van der Waals surface area (Å²) in [5, 5.41) is 0. The number of likely N-dealkylation sites (tertiary alicyclic amines) is 1. The number of aryl methyl sites for hydroxylation is 1. The topological polar surface area (TPSA) is 46.8 Å². The number of benzene rings is 1. The van der Waals surface area contributed by atoms with Crippen LogP contribution >= 0.6 is 0 Å². The molecule has 0 saturated carbocycles. The first-order valence-corrected chi connectivity index (χ1v) is 9.53. The van der Waals surface area contributed by atoms with Crippen molar-refractivity contribution in [1.29, 1.82) is 0 Å². The first-order chi connectivity index (χ1) is 13.2. The van der Waals surface area contributed by atoms with Gasteiger partial charge in [-0.3, -0.25) is 9.88 Å². The van der Waals surface area contributed by atoms with E-state index in [4.69, 9.17) is 4.98 Å². The molecule has 140 valence electrons. The average Bonchev–Trinajstić information content (AvgIpc) is 3.16. The van der Waals surface area contributed by atoms with Crippen LogP contribution in [0.4, 0.5) is 4.39 Å². The van der Waals surface area contributed by atoms with Crippen molar-refractivity contribution in [2.45, 2.75) is 38.8 Å². The Labute approximate surface area is 158 Å². The average molecular weight is 365 g/mol. The lowest BCUT2D eigenvalue weighted by atomic mass is 9.93. The molecule has 0 radical (unpaired) electrons. The lowest BCUT2D eigenvalue weighted by Crippen LogP contribution is -2.33. The molecule has 1 aromatic carbocycles. The molecule has 0 spiro atoms. The SMILES string of the molecule is CCn1ccnc1CN1CCC(c2cncc(-c3cccc(F)c3)n2)CC1. The molecule has 1 fully saturated rings. The van der Waals surface area contributed by atoms with Gasteiger partial charge in [-0.1, -0.05) is 12.1 Å². The maximum absolute atomic E-state index is 13.5. The molecule has 27 heavy (non-hydrogen) atoms. The number of hydrogen-bond acceptors (Lipinski definition) is 4. The lowest BCUT2D eigenvalue weighted by molar-refractivity contribution is 0.196. The van der Waals surface area contributed by atoms with Gasteiger partial charge in [-0.15, -0.1) is 0 Å². The third-order valence-corrected chi connectivity index (χ3v) is 5.29. The number of aromatic nitrogens is 4. The van der Waals surface area contributed by atoms with Crippen molar-refractivity contribution in [3.63, 3.8) is 0 Å². The van der Waals surface area contributed by atoms with E-state index in [-0.39, 0.29) is 5.82 Å². The Morgan fingerprint density at radius 1 is 1.19 bits per heavy atom. The van der Waals surface area contributed by atoms with Crippen LogP contribution in [-0.2, 0) is 13.1 Å². The van der Waals surface area contributed by atoms with Gasteiger partial charge in [0.1, 0.15) is 11.6 Å². The lowest BCUT2D eigenvalue weighted by Gasteiger charge is -2.31. The van der Waals surface area contributed by atoms with E-state index in [0.717, 1.165) is 61.8 Å². The minimum Gasteiger partial charge on any atom is -0.334 e. The van der Waals surface area contributed by atoms with E-state index in [9.17, 15) is 4.39 Å². The molecule has 0 bridgehead atoms. The molecule has 0 atom stereocenters. The van der Waals surface area contributed by atoms with Crippen LogP contribution in [0.15, 0.2) is 49.1 Å². The van der Waals surface area contributed by atoms with Crippen LogP contribution in [0.2, 0.25) is 0 Å². The smallest absolute Gasteiger partial charge is 0.123 e. The van der Waals surface area contributed by atoms with Gasteiger partial charge in [0.2, 0.25) is 0 Å². The van der Waals surface area contributed by atoms with Gasteiger partial charge < -0.3 is 4.57 Å². The van der Waals surface area contributed by atoms with Gasteiger partial charge in [-0.05, 0) is 45.0 Å². The zero-order valence-electron chi connectivity index (χ0n) is 15.6. The second kappa shape index (κ2) is 7.96. The maximum Gasteiger partial charge on any atom is 0.123 e. The zero-order valence-corrected chi connectivity index (χ0v) is 15.6. The Morgan fingerprint density at radius 3 is 2.81 bits per heavy atom. The highest BCUT2D eigenvalue weighted by Gasteiger charge is 2.23. The first-order valence-electron chi connectivity index (χ1n) is 9.53. The third-order valence-electron chi connectivity index (χ3n) is 5.29. The number of imidazole rings is 1. The number of halogens is 1. The molecule has 2 aromatic heterocycles. The molecule has 3 aromatic rings. The molecule has 1 aliphatic rings. The zero-order chi connectivity index (χ0) is 18.6. The van der Waals surface area contributed by atoms with Crippen molar-refractivity contribution in [2.24, 2.45) is 0 Å². The molecule has 6 heteroatoms. The Hall–Kier alpha value is -2.60. The van der Waals surface area contributed by atoms with Crippen LogP contribution in [0, 0.1) is 5.82 Å². The number of rotatable bonds is 5. The Kier molecular flexibility index (Phi) is 5.25. The predicted octanol–water partition coefficient (Wildman–Crippen LogP) is 3.88. The van der Waals surface area contributed by atoms with Crippen LogP contribution < -0.4 is 0 Å². The van der Waals surface area contributed by atoms with Gasteiger partial charge in [0.25, 0.3) is 0 Å². The fourth-order valence-electron chi connectivity index (χ4n) is 3.73. The van der Waals surface area contributed by atoms with Gasteiger partial charge in [0.15, 0.2) is 0 Å². The molecule has 0 aliphatic carbocycles. The summed E-state index contributed by atoms with van der Waals surface area (Å²) in [4.78, 5) is 16.1. The summed E-state index contributed by atoms with van der Waals surface area (Å²) < 4.78 is 15.7. The third kappa shape index (κ3) is 4.06. The standard InChI is InChI=1S/C21H24FN5/c1-2-27-11-8-24-21(27)15-26-9-6-16(7-10-26)19-13-23-14-20(25-19)17-4-3-5-18(22)12-17/h3-5,8,11-14,16H,2,6-7,9-10,15H2,1H3. The van der Waals surface area contributed by atoms with Crippen LogP contribution in [0.5, 0.6) is 0 Å². The second-order valence-corrected chi connectivity index (χ2v) is 7.02. The van der Waals surface area contributed by atoms with Crippen LogP contribution in [-0.4, -0.2) is 37.5 Å². The van der Waals surface area contributed by atoms with E-state index < -0.39 is 0 Å². The largest absolute Gasteiger partial charge is 0.334 e. The van der Waals surface area contributed by atoms with Gasteiger partial charge in [-0.2, -0.15) is 0 Å². The molecule has 5 nitrogen and oxygen atoms in total. The highest BCUT2D eigenvalue weighted by molar-refractivity contribution is 5.58. The molecule has 0 unspecified atom stereocenters. The fourth-order valence-corrected chi connectivity index (χ4v) is 3.73. The van der Waals surface area contributed by atoms with Gasteiger partial charge in [0, 0.05) is 36.6 Å². The van der Waals surface area contributed by atoms with Gasteiger partial charge in [0.05, 0.1) is 24.1 Å². The Bertz CT molecular complexity index is 899. The molecule has 3 heterocycles. The molecule has 0 N–H and O–H groups in total. The van der Waals surface area contributed by atoms with Crippen molar-refractivity contribution in [1.82, 2.24) is 24.4 Å². The maximum atomic E-state index is 13.5.